The SMILES string of the molecule is COc1cc2sc(CNC(=O)C3(CC(=O)OC(C)(C)C)Cc4ccccc4C3)nc2cc1OCCOCC[N+](C)(C)C. The fraction of sp³-hybridized carbons (Fsp3) is 0.531. The third kappa shape index (κ3) is 8.42. The van der Waals surface area contributed by atoms with Crippen molar-refractivity contribution in [2.24, 2.45) is 5.41 Å². The monoisotopic (exact) mass is 598 g/mol. The summed E-state index contributed by atoms with van der Waals surface area (Å²) in [6, 6.07) is 11.7. The van der Waals surface area contributed by atoms with Crippen LogP contribution in [-0.4, -0.2) is 81.6 Å². The Labute approximate surface area is 252 Å². The highest BCUT2D eigenvalue weighted by Crippen LogP contribution is 2.41. The number of fused-ring (bicyclic) bond motifs is 2. The van der Waals surface area contributed by atoms with Crippen LogP contribution in [0.3, 0.4) is 0 Å². The lowest BCUT2D eigenvalue weighted by Crippen LogP contribution is -2.44. The number of benzene rings is 2. The molecule has 42 heavy (non-hydrogen) atoms. The summed E-state index contributed by atoms with van der Waals surface area (Å²) in [4.78, 5) is 31.4. The van der Waals surface area contributed by atoms with E-state index in [4.69, 9.17) is 23.9 Å². The summed E-state index contributed by atoms with van der Waals surface area (Å²) in [6.45, 7) is 8.21. The van der Waals surface area contributed by atoms with E-state index in [1.54, 1.807) is 7.11 Å². The van der Waals surface area contributed by atoms with E-state index in [9.17, 15) is 9.59 Å². The topological polar surface area (TPSA) is 96.0 Å². The molecule has 0 aliphatic heterocycles. The molecule has 1 aliphatic carbocycles. The van der Waals surface area contributed by atoms with Gasteiger partial charge in [-0.1, -0.05) is 24.3 Å². The van der Waals surface area contributed by atoms with E-state index in [2.05, 4.69) is 26.5 Å². The highest BCUT2D eigenvalue weighted by atomic mass is 32.1. The van der Waals surface area contributed by atoms with E-state index in [1.807, 2.05) is 57.2 Å². The molecule has 0 saturated heterocycles. The first-order valence-corrected chi connectivity index (χ1v) is 15.1. The molecule has 2 aromatic carbocycles. The minimum absolute atomic E-state index is 0.0154. The van der Waals surface area contributed by atoms with E-state index in [-0.39, 0.29) is 24.8 Å². The lowest BCUT2D eigenvalue weighted by atomic mass is 9.80. The molecule has 0 saturated carbocycles. The standard InChI is InChI=1S/C32H43N3O6S/c1-31(2,3)41-29(36)20-32(18-22-10-8-9-11-23(22)19-32)30(37)33-21-28-34-24-16-26(25(38-7)17-27(24)42-28)40-15-14-39-13-12-35(4,5)6/h8-11,16-17H,12-15,18-21H2,1-7H3/p+1. The van der Waals surface area contributed by atoms with Crippen molar-refractivity contribution in [2.45, 2.75) is 52.2 Å². The van der Waals surface area contributed by atoms with Crippen LogP contribution in [0.1, 0.15) is 43.3 Å². The number of methoxy groups -OCH3 is 1. The van der Waals surface area contributed by atoms with Crippen LogP contribution in [0.5, 0.6) is 11.5 Å². The molecule has 4 rings (SSSR count). The van der Waals surface area contributed by atoms with Crippen LogP contribution >= 0.6 is 11.3 Å². The fourth-order valence-corrected chi connectivity index (χ4v) is 5.96. The fourth-order valence-electron chi connectivity index (χ4n) is 5.04. The Morgan fingerprint density at radius 3 is 2.33 bits per heavy atom. The average Bonchev–Trinajstić information content (AvgIpc) is 3.47. The van der Waals surface area contributed by atoms with Gasteiger partial charge in [-0.25, -0.2) is 4.98 Å². The summed E-state index contributed by atoms with van der Waals surface area (Å²) in [5.74, 6) is 0.675. The number of thiazole rings is 1. The third-order valence-corrected chi connectivity index (χ3v) is 8.09. The van der Waals surface area contributed by atoms with Gasteiger partial charge in [0.2, 0.25) is 5.91 Å². The van der Waals surface area contributed by atoms with E-state index in [1.165, 1.54) is 11.3 Å². The van der Waals surface area contributed by atoms with E-state index in [0.717, 1.165) is 37.4 Å². The normalized spacial score (nSPS) is 14.5. The number of carbonyl (C=O) groups excluding carboxylic acids is 2. The Hall–Kier alpha value is -3.21. The van der Waals surface area contributed by atoms with Crippen LogP contribution in [0.2, 0.25) is 0 Å². The summed E-state index contributed by atoms with van der Waals surface area (Å²) in [6.07, 6.45) is 0.998. The molecule has 1 amide bonds. The van der Waals surface area contributed by atoms with Gasteiger partial charge in [-0.3, -0.25) is 9.59 Å². The van der Waals surface area contributed by atoms with Gasteiger partial charge in [0.05, 0.1) is 70.1 Å². The second kappa shape index (κ2) is 13.0. The van der Waals surface area contributed by atoms with Crippen molar-refractivity contribution in [1.82, 2.24) is 10.3 Å². The molecule has 9 nitrogen and oxygen atoms in total. The van der Waals surface area contributed by atoms with Gasteiger partial charge in [0.25, 0.3) is 0 Å². The lowest BCUT2D eigenvalue weighted by Gasteiger charge is -2.28. The number of hydrogen-bond acceptors (Lipinski definition) is 8. The Bertz CT molecular complexity index is 1380. The second-order valence-electron chi connectivity index (χ2n) is 12.9. The number of ether oxygens (including phenoxy) is 4. The smallest absolute Gasteiger partial charge is 0.307 e. The van der Waals surface area contributed by atoms with Crippen LogP contribution < -0.4 is 14.8 Å². The maximum absolute atomic E-state index is 13.7. The zero-order valence-electron chi connectivity index (χ0n) is 25.9. The van der Waals surface area contributed by atoms with Crippen molar-refractivity contribution in [2.75, 3.05) is 54.6 Å². The van der Waals surface area contributed by atoms with Crippen molar-refractivity contribution < 1.29 is 33.0 Å². The van der Waals surface area contributed by atoms with Gasteiger partial charge < -0.3 is 28.7 Å². The van der Waals surface area contributed by atoms with E-state index < -0.39 is 11.0 Å². The van der Waals surface area contributed by atoms with E-state index in [0.29, 0.717) is 44.2 Å². The first-order chi connectivity index (χ1) is 19.8. The number of rotatable bonds is 13. The summed E-state index contributed by atoms with van der Waals surface area (Å²) in [5.41, 5.74) is 1.43. The highest BCUT2D eigenvalue weighted by Gasteiger charge is 2.46. The zero-order chi connectivity index (χ0) is 30.5. The quantitative estimate of drug-likeness (QED) is 0.175. The highest BCUT2D eigenvalue weighted by molar-refractivity contribution is 7.18. The molecule has 3 aromatic rings. The maximum atomic E-state index is 13.7. The third-order valence-electron chi connectivity index (χ3n) is 7.07. The molecular weight excluding hydrogens is 554 g/mol. The second-order valence-corrected chi connectivity index (χ2v) is 14.0. The molecule has 10 heteroatoms. The first-order valence-electron chi connectivity index (χ1n) is 14.3. The summed E-state index contributed by atoms with van der Waals surface area (Å²) in [5, 5.41) is 3.83. The van der Waals surface area contributed by atoms with Crippen molar-refractivity contribution in [1.29, 1.82) is 0 Å². The molecule has 228 valence electrons. The number of hydrogen-bond donors (Lipinski definition) is 1. The van der Waals surface area contributed by atoms with Crippen LogP contribution in [0.15, 0.2) is 36.4 Å². The van der Waals surface area contributed by atoms with Crippen LogP contribution in [-0.2, 0) is 38.4 Å². The molecule has 0 spiro atoms. The van der Waals surface area contributed by atoms with Crippen LogP contribution in [0, 0.1) is 5.41 Å². The first kappa shape index (κ1) is 31.7. The number of likely N-dealkylation sites (N-methyl/N-ethyl adjacent to an activating group) is 1. The number of quaternary nitrogens is 1. The van der Waals surface area contributed by atoms with Gasteiger partial charge in [0, 0.05) is 12.1 Å². The van der Waals surface area contributed by atoms with Gasteiger partial charge in [0.1, 0.15) is 23.8 Å². The molecule has 1 aromatic heterocycles. The summed E-state index contributed by atoms with van der Waals surface area (Å²) in [7, 11) is 7.99. The van der Waals surface area contributed by atoms with Gasteiger partial charge in [0.15, 0.2) is 11.5 Å². The van der Waals surface area contributed by atoms with Gasteiger partial charge in [-0.05, 0) is 44.7 Å². The number of nitrogens with zero attached hydrogens (tertiary/aromatic N) is 2. The summed E-state index contributed by atoms with van der Waals surface area (Å²) < 4.78 is 24.6. The molecule has 0 bridgehead atoms. The molecule has 0 radical (unpaired) electrons. The van der Waals surface area contributed by atoms with Crippen LogP contribution in [0.25, 0.3) is 10.2 Å². The Morgan fingerprint density at radius 2 is 1.71 bits per heavy atom. The average molecular weight is 599 g/mol. The van der Waals surface area contributed by atoms with E-state index >= 15 is 0 Å². The van der Waals surface area contributed by atoms with Crippen molar-refractivity contribution >= 4 is 33.4 Å². The molecular formula is C32H44N3O6S+. The van der Waals surface area contributed by atoms with Gasteiger partial charge in [-0.15, -0.1) is 11.3 Å². The van der Waals surface area contributed by atoms with Crippen molar-refractivity contribution in [3.63, 3.8) is 0 Å². The lowest BCUT2D eigenvalue weighted by molar-refractivity contribution is -0.870. The number of amides is 1. The minimum Gasteiger partial charge on any atom is -0.493 e. The molecule has 1 heterocycles. The summed E-state index contributed by atoms with van der Waals surface area (Å²) >= 11 is 1.49. The molecule has 0 unspecified atom stereocenters. The molecule has 0 atom stereocenters. The number of carbonyl (C=O) groups is 2. The van der Waals surface area contributed by atoms with Crippen molar-refractivity contribution in [3.05, 3.63) is 52.5 Å². The zero-order valence-corrected chi connectivity index (χ0v) is 26.7. The molecule has 1 N–H and O–H groups in total. The van der Waals surface area contributed by atoms with Crippen LogP contribution in [0.4, 0.5) is 0 Å². The minimum atomic E-state index is -0.902. The van der Waals surface area contributed by atoms with Gasteiger partial charge in [-0.2, -0.15) is 0 Å². The van der Waals surface area contributed by atoms with Gasteiger partial charge >= 0.3 is 5.97 Å². The Kier molecular flexibility index (Phi) is 9.80. The maximum Gasteiger partial charge on any atom is 0.307 e. The Morgan fingerprint density at radius 1 is 1.02 bits per heavy atom. The van der Waals surface area contributed by atoms with Crippen molar-refractivity contribution in [3.8, 4) is 11.5 Å². The Balaban J connectivity index is 1.42. The molecule has 1 aliphatic rings. The number of nitrogens with one attached hydrogen (secondary N) is 1. The predicted octanol–water partition coefficient (Wildman–Crippen LogP) is 4.54. The molecule has 0 fully saturated rings. The number of esters is 1. The number of aromatic nitrogens is 1. The predicted molar refractivity (Wildman–Crippen MR) is 164 cm³/mol. The largest absolute Gasteiger partial charge is 0.493 e.